The summed E-state index contributed by atoms with van der Waals surface area (Å²) in [6.07, 6.45) is 1.52. The number of hydrogen-bond acceptors (Lipinski definition) is 5. The van der Waals surface area contributed by atoms with Crippen molar-refractivity contribution in [1.29, 1.82) is 0 Å². The molecule has 25 heavy (non-hydrogen) atoms. The lowest BCUT2D eigenvalue weighted by molar-refractivity contribution is 0.0956. The molecule has 0 spiro atoms. The van der Waals surface area contributed by atoms with Gasteiger partial charge in [-0.3, -0.25) is 9.59 Å². The van der Waals surface area contributed by atoms with Crippen molar-refractivity contribution < 1.29 is 22.2 Å². The predicted molar refractivity (Wildman–Crippen MR) is 93.2 cm³/mol. The molecule has 0 fully saturated rings. The van der Waals surface area contributed by atoms with E-state index in [2.05, 4.69) is 11.9 Å². The number of benzene rings is 2. The topological polar surface area (TPSA) is 89.5 Å². The Morgan fingerprint density at radius 1 is 1.12 bits per heavy atom. The van der Waals surface area contributed by atoms with E-state index in [-0.39, 0.29) is 28.5 Å². The zero-order valence-electron chi connectivity index (χ0n) is 13.6. The fourth-order valence-corrected chi connectivity index (χ4v) is 2.96. The summed E-state index contributed by atoms with van der Waals surface area (Å²) >= 11 is 0. The van der Waals surface area contributed by atoms with Gasteiger partial charge in [0.25, 0.3) is 5.91 Å². The van der Waals surface area contributed by atoms with Gasteiger partial charge in [0, 0.05) is 17.7 Å². The minimum Gasteiger partial charge on any atom is -0.379 e. The van der Waals surface area contributed by atoms with Crippen molar-refractivity contribution in [3.05, 3.63) is 72.3 Å². The van der Waals surface area contributed by atoms with Crippen LogP contribution >= 0.6 is 0 Å². The molecule has 2 aromatic rings. The minimum absolute atomic E-state index is 0.0755. The Morgan fingerprint density at radius 3 is 2.40 bits per heavy atom. The minimum atomic E-state index is -4.11. The van der Waals surface area contributed by atoms with Crippen molar-refractivity contribution in [2.24, 2.45) is 0 Å². The summed E-state index contributed by atoms with van der Waals surface area (Å²) in [4.78, 5) is 23.0. The van der Waals surface area contributed by atoms with Gasteiger partial charge in [0.15, 0.2) is 5.78 Å². The summed E-state index contributed by atoms with van der Waals surface area (Å²) in [5.74, 6) is -0.470. The molecule has 0 aromatic heterocycles. The Labute approximate surface area is 146 Å². The van der Waals surface area contributed by atoms with E-state index in [0.29, 0.717) is 5.56 Å². The molecule has 0 aliphatic rings. The summed E-state index contributed by atoms with van der Waals surface area (Å²) in [7, 11) is -4.11. The number of nitrogens with one attached hydrogen (secondary N) is 1. The van der Waals surface area contributed by atoms with Crippen LogP contribution < -0.4 is 9.50 Å². The molecule has 0 bridgehead atoms. The van der Waals surface area contributed by atoms with E-state index < -0.39 is 16.0 Å². The van der Waals surface area contributed by atoms with Crippen molar-refractivity contribution in [2.75, 3.05) is 6.54 Å². The largest absolute Gasteiger partial charge is 0.379 e. The zero-order valence-corrected chi connectivity index (χ0v) is 14.4. The van der Waals surface area contributed by atoms with Crippen LogP contribution in [0.15, 0.2) is 66.1 Å². The van der Waals surface area contributed by atoms with Crippen molar-refractivity contribution >= 4 is 21.8 Å². The van der Waals surface area contributed by atoms with Crippen molar-refractivity contribution in [3.8, 4) is 5.75 Å². The average Bonchev–Trinajstić information content (AvgIpc) is 2.60. The quantitative estimate of drug-likeness (QED) is 0.466. The van der Waals surface area contributed by atoms with Crippen molar-refractivity contribution in [3.63, 3.8) is 0 Å². The van der Waals surface area contributed by atoms with Gasteiger partial charge in [0.1, 0.15) is 10.6 Å². The summed E-state index contributed by atoms with van der Waals surface area (Å²) in [5.41, 5.74) is 0.643. The summed E-state index contributed by atoms with van der Waals surface area (Å²) in [5, 5.41) is 2.57. The standard InChI is InChI=1S/C18H17NO5S/c1-3-11-19-18(21)15-5-4-6-17(12-15)25(22,23)24-16-9-7-14(8-10-16)13(2)20/h3-10,12H,1,11H2,2H3,(H,19,21). The Balaban J connectivity index is 2.22. The normalized spacial score (nSPS) is 10.8. The SMILES string of the molecule is C=CCNC(=O)c1cccc(S(=O)(=O)Oc2ccc(C(C)=O)cc2)c1. The van der Waals surface area contributed by atoms with Crippen molar-refractivity contribution in [2.45, 2.75) is 11.8 Å². The molecule has 0 saturated carbocycles. The number of hydrogen-bond donors (Lipinski definition) is 1. The van der Waals surface area contributed by atoms with Gasteiger partial charge in [-0.25, -0.2) is 0 Å². The Morgan fingerprint density at radius 2 is 1.80 bits per heavy atom. The lowest BCUT2D eigenvalue weighted by Crippen LogP contribution is -2.23. The Kier molecular flexibility index (Phi) is 5.71. The van der Waals surface area contributed by atoms with Crippen LogP contribution in [-0.2, 0) is 10.1 Å². The predicted octanol–water partition coefficient (Wildman–Crippen LogP) is 2.57. The molecule has 1 N–H and O–H groups in total. The highest BCUT2D eigenvalue weighted by atomic mass is 32.2. The first-order valence-electron chi connectivity index (χ1n) is 7.38. The van der Waals surface area contributed by atoms with E-state index in [1.54, 1.807) is 0 Å². The highest BCUT2D eigenvalue weighted by Crippen LogP contribution is 2.20. The number of Topliss-reactive ketones (excluding diaryl/α,β-unsaturated/α-hetero) is 1. The molecule has 0 radical (unpaired) electrons. The van der Waals surface area contributed by atoms with E-state index in [1.165, 1.54) is 61.5 Å². The molecule has 1 amide bonds. The third-order valence-corrected chi connectivity index (χ3v) is 4.50. The molecule has 0 aliphatic carbocycles. The number of rotatable bonds is 7. The summed E-state index contributed by atoms with van der Waals surface area (Å²) in [6.45, 7) is 5.18. The van der Waals surface area contributed by atoms with Crippen LogP contribution in [0, 0.1) is 0 Å². The molecular weight excluding hydrogens is 342 g/mol. The van der Waals surface area contributed by atoms with Crippen LogP contribution in [0.1, 0.15) is 27.6 Å². The number of ketones is 1. The van der Waals surface area contributed by atoms with Crippen LogP contribution in [0.4, 0.5) is 0 Å². The van der Waals surface area contributed by atoms with Gasteiger partial charge in [-0.15, -0.1) is 6.58 Å². The molecule has 0 saturated heterocycles. The van der Waals surface area contributed by atoms with Gasteiger partial charge in [0.05, 0.1) is 0 Å². The molecule has 0 heterocycles. The monoisotopic (exact) mass is 359 g/mol. The highest BCUT2D eigenvalue weighted by Gasteiger charge is 2.18. The van der Waals surface area contributed by atoms with Gasteiger partial charge < -0.3 is 9.50 Å². The molecule has 6 nitrogen and oxygen atoms in total. The molecule has 130 valence electrons. The molecule has 0 unspecified atom stereocenters. The van der Waals surface area contributed by atoms with E-state index in [1.807, 2.05) is 0 Å². The number of carbonyl (C=O) groups excluding carboxylic acids is 2. The third kappa shape index (κ3) is 4.77. The molecule has 7 heteroatoms. The first kappa shape index (κ1) is 18.4. The molecule has 2 aromatic carbocycles. The van der Waals surface area contributed by atoms with Crippen LogP contribution in [-0.4, -0.2) is 26.7 Å². The smallest absolute Gasteiger partial charge is 0.339 e. The maximum absolute atomic E-state index is 12.4. The van der Waals surface area contributed by atoms with Crippen molar-refractivity contribution in [1.82, 2.24) is 5.32 Å². The van der Waals surface area contributed by atoms with E-state index in [0.717, 1.165) is 0 Å². The number of carbonyl (C=O) groups is 2. The van der Waals surface area contributed by atoms with Gasteiger partial charge in [0.2, 0.25) is 0 Å². The maximum atomic E-state index is 12.4. The second-order valence-electron chi connectivity index (χ2n) is 5.14. The Hall–Kier alpha value is -2.93. The molecule has 0 atom stereocenters. The first-order chi connectivity index (χ1) is 11.8. The maximum Gasteiger partial charge on any atom is 0.339 e. The molecular formula is C18H17NO5S. The van der Waals surface area contributed by atoms with E-state index in [4.69, 9.17) is 4.18 Å². The molecule has 2 rings (SSSR count). The zero-order chi connectivity index (χ0) is 18.4. The molecule has 0 aliphatic heterocycles. The lowest BCUT2D eigenvalue weighted by Gasteiger charge is -2.09. The van der Waals surface area contributed by atoms with Crippen LogP contribution in [0.3, 0.4) is 0 Å². The van der Waals surface area contributed by atoms with Crippen LogP contribution in [0.25, 0.3) is 0 Å². The number of amides is 1. The summed E-state index contributed by atoms with van der Waals surface area (Å²) < 4.78 is 29.8. The lowest BCUT2D eigenvalue weighted by atomic mass is 10.1. The van der Waals surface area contributed by atoms with Gasteiger partial charge in [-0.2, -0.15) is 8.42 Å². The van der Waals surface area contributed by atoms with E-state index >= 15 is 0 Å². The Bertz CT molecular complexity index is 901. The summed E-state index contributed by atoms with van der Waals surface area (Å²) in [6, 6.07) is 11.3. The fourth-order valence-electron chi connectivity index (χ4n) is 1.98. The van der Waals surface area contributed by atoms with Crippen LogP contribution in [0.2, 0.25) is 0 Å². The second-order valence-corrected chi connectivity index (χ2v) is 6.69. The fraction of sp³-hybridized carbons (Fsp3) is 0.111. The first-order valence-corrected chi connectivity index (χ1v) is 8.79. The average molecular weight is 359 g/mol. The third-order valence-electron chi connectivity index (χ3n) is 3.26. The highest BCUT2D eigenvalue weighted by molar-refractivity contribution is 7.87. The van der Waals surface area contributed by atoms with Crippen LogP contribution in [0.5, 0.6) is 5.75 Å². The van der Waals surface area contributed by atoms with Gasteiger partial charge in [-0.1, -0.05) is 12.1 Å². The van der Waals surface area contributed by atoms with Gasteiger partial charge in [-0.05, 0) is 49.4 Å². The second kappa shape index (κ2) is 7.76. The van der Waals surface area contributed by atoms with E-state index in [9.17, 15) is 18.0 Å². The van der Waals surface area contributed by atoms with Gasteiger partial charge >= 0.3 is 10.1 Å².